The lowest BCUT2D eigenvalue weighted by Gasteiger charge is -2.38. The first-order valence-electron chi connectivity index (χ1n) is 10.9. The topological polar surface area (TPSA) is 36.0 Å². The van der Waals surface area contributed by atoms with Crippen LogP contribution in [-0.4, -0.2) is 71.7 Å². The van der Waals surface area contributed by atoms with Crippen LogP contribution in [0.4, 0.5) is 4.79 Å². The largest absolute Gasteiger partial charge is 0.444 e. The number of nitrogens with zero attached hydrogens (tertiary/aromatic N) is 3. The van der Waals surface area contributed by atoms with Crippen molar-refractivity contribution in [2.45, 2.75) is 51.8 Å². The third-order valence-electron chi connectivity index (χ3n) is 6.55. The summed E-state index contributed by atoms with van der Waals surface area (Å²) >= 11 is 0. The lowest BCUT2D eigenvalue weighted by Crippen LogP contribution is -2.49. The molecule has 5 nitrogen and oxygen atoms in total. The van der Waals surface area contributed by atoms with E-state index in [1.807, 2.05) is 25.7 Å². The molecule has 1 aromatic carbocycles. The standard InChI is InChI=1S/C23H35N3O2/c1-23(2,3)28-22(27)26-16-19-13-21(14-20(19)17-26)25-11-9-24(10-12-25)15-18-7-5-4-6-8-18/h4-8,19-21H,9-17H2,1-3H3. The first-order valence-corrected chi connectivity index (χ1v) is 10.9. The van der Waals surface area contributed by atoms with E-state index in [9.17, 15) is 4.79 Å². The average Bonchev–Trinajstić information content (AvgIpc) is 3.21. The second-order valence-electron chi connectivity index (χ2n) is 9.83. The van der Waals surface area contributed by atoms with Crippen LogP contribution in [0, 0.1) is 11.8 Å². The van der Waals surface area contributed by atoms with Gasteiger partial charge in [0.1, 0.15) is 5.60 Å². The maximum atomic E-state index is 12.3. The van der Waals surface area contributed by atoms with Gasteiger partial charge in [0.2, 0.25) is 0 Å². The number of piperazine rings is 1. The van der Waals surface area contributed by atoms with Gasteiger partial charge in [0.05, 0.1) is 0 Å². The van der Waals surface area contributed by atoms with Gasteiger partial charge < -0.3 is 9.64 Å². The Bertz CT molecular complexity index is 650. The molecule has 3 aliphatic rings. The van der Waals surface area contributed by atoms with Crippen molar-refractivity contribution in [1.29, 1.82) is 0 Å². The van der Waals surface area contributed by atoms with E-state index in [-0.39, 0.29) is 6.09 Å². The summed E-state index contributed by atoms with van der Waals surface area (Å²) in [6.45, 7) is 13.3. The first kappa shape index (κ1) is 19.7. The fourth-order valence-electron chi connectivity index (χ4n) is 5.17. The van der Waals surface area contributed by atoms with Gasteiger partial charge in [0.15, 0.2) is 0 Å². The van der Waals surface area contributed by atoms with Crippen LogP contribution in [0.25, 0.3) is 0 Å². The summed E-state index contributed by atoms with van der Waals surface area (Å²) in [5.74, 6) is 1.31. The highest BCUT2D eigenvalue weighted by Crippen LogP contribution is 2.40. The molecule has 5 heteroatoms. The first-order chi connectivity index (χ1) is 13.4. The summed E-state index contributed by atoms with van der Waals surface area (Å²) in [6.07, 6.45) is 2.35. The Morgan fingerprint density at radius 2 is 1.61 bits per heavy atom. The van der Waals surface area contributed by atoms with Crippen molar-refractivity contribution in [2.24, 2.45) is 11.8 Å². The Hall–Kier alpha value is -1.59. The number of likely N-dealkylation sites (tertiary alicyclic amines) is 1. The molecule has 0 N–H and O–H groups in total. The smallest absolute Gasteiger partial charge is 0.410 e. The molecule has 1 saturated carbocycles. The van der Waals surface area contributed by atoms with E-state index in [0.29, 0.717) is 17.9 Å². The molecule has 1 aliphatic carbocycles. The van der Waals surface area contributed by atoms with Crippen LogP contribution in [0.3, 0.4) is 0 Å². The fourth-order valence-corrected chi connectivity index (χ4v) is 5.17. The fraction of sp³-hybridized carbons (Fsp3) is 0.696. The van der Waals surface area contributed by atoms with E-state index in [2.05, 4.69) is 40.1 Å². The number of benzene rings is 1. The number of hydrogen-bond acceptors (Lipinski definition) is 4. The van der Waals surface area contributed by atoms with Crippen molar-refractivity contribution in [2.75, 3.05) is 39.3 Å². The minimum absolute atomic E-state index is 0.132. The molecule has 2 saturated heterocycles. The Balaban J connectivity index is 1.22. The second-order valence-corrected chi connectivity index (χ2v) is 9.83. The van der Waals surface area contributed by atoms with E-state index in [1.165, 1.54) is 31.5 Å². The summed E-state index contributed by atoms with van der Waals surface area (Å²) in [6, 6.07) is 11.5. The van der Waals surface area contributed by atoms with E-state index < -0.39 is 5.60 Å². The van der Waals surface area contributed by atoms with Crippen LogP contribution < -0.4 is 0 Å². The van der Waals surface area contributed by atoms with Gasteiger partial charge in [-0.2, -0.15) is 0 Å². The summed E-state index contributed by atoms with van der Waals surface area (Å²) in [5, 5.41) is 0. The third kappa shape index (κ3) is 4.69. The minimum atomic E-state index is -0.406. The third-order valence-corrected chi connectivity index (χ3v) is 6.55. The van der Waals surface area contributed by atoms with Crippen LogP contribution in [-0.2, 0) is 11.3 Å². The number of hydrogen-bond donors (Lipinski definition) is 0. The van der Waals surface area contributed by atoms with Gasteiger partial charge in [-0.3, -0.25) is 9.80 Å². The normalized spacial score (nSPS) is 29.1. The maximum Gasteiger partial charge on any atom is 0.410 e. The lowest BCUT2D eigenvalue weighted by atomic mass is 10.0. The summed E-state index contributed by atoms with van der Waals surface area (Å²) in [4.78, 5) is 19.6. The number of fused-ring (bicyclic) bond motifs is 1. The van der Waals surface area contributed by atoms with Gasteiger partial charge in [-0.15, -0.1) is 0 Å². The molecule has 1 aromatic rings. The summed E-state index contributed by atoms with van der Waals surface area (Å²) < 4.78 is 5.56. The highest BCUT2D eigenvalue weighted by Gasteiger charge is 2.45. The van der Waals surface area contributed by atoms with Gasteiger partial charge in [0.25, 0.3) is 0 Å². The van der Waals surface area contributed by atoms with Crippen molar-refractivity contribution >= 4 is 6.09 Å². The van der Waals surface area contributed by atoms with Crippen molar-refractivity contribution in [3.8, 4) is 0 Å². The van der Waals surface area contributed by atoms with Gasteiger partial charge in [-0.1, -0.05) is 30.3 Å². The summed E-state index contributed by atoms with van der Waals surface area (Å²) in [5.41, 5.74) is 1.00. The monoisotopic (exact) mass is 385 g/mol. The Labute approximate surface area is 169 Å². The molecule has 2 aliphatic heterocycles. The molecule has 2 heterocycles. The maximum absolute atomic E-state index is 12.3. The van der Waals surface area contributed by atoms with Crippen LogP contribution >= 0.6 is 0 Å². The van der Waals surface area contributed by atoms with Crippen LogP contribution in [0.1, 0.15) is 39.2 Å². The van der Waals surface area contributed by atoms with Gasteiger partial charge in [-0.25, -0.2) is 4.79 Å². The van der Waals surface area contributed by atoms with Crippen molar-refractivity contribution < 1.29 is 9.53 Å². The average molecular weight is 386 g/mol. The molecule has 154 valence electrons. The second kappa shape index (κ2) is 8.03. The van der Waals surface area contributed by atoms with Crippen molar-refractivity contribution in [1.82, 2.24) is 14.7 Å². The molecule has 0 bridgehead atoms. The zero-order chi connectivity index (χ0) is 19.7. The number of carbonyl (C=O) groups excluding carboxylic acids is 1. The van der Waals surface area contributed by atoms with E-state index in [1.54, 1.807) is 0 Å². The van der Waals surface area contributed by atoms with Gasteiger partial charge >= 0.3 is 6.09 Å². The highest BCUT2D eigenvalue weighted by molar-refractivity contribution is 5.68. The molecule has 2 unspecified atom stereocenters. The number of rotatable bonds is 3. The van der Waals surface area contributed by atoms with E-state index in [4.69, 9.17) is 4.74 Å². The lowest BCUT2D eigenvalue weighted by molar-refractivity contribution is 0.0269. The quantitative estimate of drug-likeness (QED) is 0.798. The number of amides is 1. The molecule has 2 atom stereocenters. The molecular formula is C23H35N3O2. The zero-order valence-electron chi connectivity index (χ0n) is 17.6. The summed E-state index contributed by atoms with van der Waals surface area (Å²) in [7, 11) is 0. The van der Waals surface area contributed by atoms with E-state index >= 15 is 0 Å². The van der Waals surface area contributed by atoms with Gasteiger partial charge in [-0.05, 0) is 51.0 Å². The molecule has 28 heavy (non-hydrogen) atoms. The molecular weight excluding hydrogens is 350 g/mol. The Morgan fingerprint density at radius 3 is 2.18 bits per heavy atom. The SMILES string of the molecule is CC(C)(C)OC(=O)N1CC2CC(N3CCN(Cc4ccccc4)CC3)CC2C1. The van der Waals surface area contributed by atoms with Crippen LogP contribution in [0.15, 0.2) is 30.3 Å². The molecule has 4 rings (SSSR count). The molecule has 3 fully saturated rings. The van der Waals surface area contributed by atoms with E-state index in [0.717, 1.165) is 32.7 Å². The number of carbonyl (C=O) groups is 1. The molecule has 0 spiro atoms. The van der Waals surface area contributed by atoms with Crippen molar-refractivity contribution in [3.63, 3.8) is 0 Å². The van der Waals surface area contributed by atoms with Crippen molar-refractivity contribution in [3.05, 3.63) is 35.9 Å². The molecule has 0 aromatic heterocycles. The van der Waals surface area contributed by atoms with Gasteiger partial charge in [0, 0.05) is 51.9 Å². The highest BCUT2D eigenvalue weighted by atomic mass is 16.6. The molecule has 1 amide bonds. The Morgan fingerprint density at radius 1 is 1.00 bits per heavy atom. The predicted molar refractivity (Wildman–Crippen MR) is 111 cm³/mol. The van der Waals surface area contributed by atoms with Crippen LogP contribution in [0.5, 0.6) is 0 Å². The minimum Gasteiger partial charge on any atom is -0.444 e. The Kier molecular flexibility index (Phi) is 5.66. The van der Waals surface area contributed by atoms with Crippen LogP contribution in [0.2, 0.25) is 0 Å². The number of ether oxygens (including phenoxy) is 1. The molecule has 0 radical (unpaired) electrons. The zero-order valence-corrected chi connectivity index (χ0v) is 17.6. The predicted octanol–water partition coefficient (Wildman–Crippen LogP) is 3.45.